The summed E-state index contributed by atoms with van der Waals surface area (Å²) < 4.78 is 93.9. The molecule has 3 aliphatic rings. The van der Waals surface area contributed by atoms with Crippen LogP contribution in [0.2, 0.25) is 0 Å². The molecule has 3 aliphatic heterocycles. The molecule has 6 aromatic heterocycles. The predicted molar refractivity (Wildman–Crippen MR) is 348 cm³/mol. The van der Waals surface area contributed by atoms with Crippen molar-refractivity contribution in [3.8, 4) is 0 Å². The van der Waals surface area contributed by atoms with E-state index >= 15 is 0 Å². The second kappa shape index (κ2) is 29.5. The van der Waals surface area contributed by atoms with E-state index in [4.69, 9.17) is 59.5 Å². The molecule has 9 heterocycles. The van der Waals surface area contributed by atoms with Crippen molar-refractivity contribution in [2.45, 2.75) is 123 Å². The zero-order valence-corrected chi connectivity index (χ0v) is 56.1. The highest BCUT2D eigenvalue weighted by Gasteiger charge is 2.51. The molecule has 1 aromatic carbocycles. The first-order valence-corrected chi connectivity index (χ1v) is 38.8. The van der Waals surface area contributed by atoms with E-state index in [0.717, 1.165) is 12.7 Å². The third-order valence-corrected chi connectivity index (χ3v) is 29.6. The molecule has 45 heteroatoms. The molecule has 3 unspecified atom stereocenters. The zero-order chi connectivity index (χ0) is 71.0. The van der Waals surface area contributed by atoms with Gasteiger partial charge in [0.25, 0.3) is 0 Å². The van der Waals surface area contributed by atoms with E-state index in [9.17, 15) is 77.2 Å². The standard InChI is InChI=1S/C30H46N12O14S3.C22H30N6O8S2/c1-57(5-3-13(31)29(47)48,7-15-19(43)21(45)27(53-15)41-11-39-17-23(33)35-9-37-25(17)41)55-59(51,52)56-58(2,6-4-14(32)30(49)50)8-16-20(44)22(46)28(54-16)42-12-40-18-24(34)36-10-38-26(18)42;1-12-5-3-4-6-15(12)38(33,34)36-37(2,8-7-13(23)22(31)32)9-14-17(29)18(30)21(35-14)28-11-27-16-19(24)25-10-26-20(16)28/h9-16,19-22,27-28,43-46H,3-8,31-32H2,1-2H3,(H,47,48)(H,49,50)(H2,33,35,37)(H2,34,36,38);3-6,10-11,13-14,17-18,21,29-30H,7-9,23H2,1-2H3,(H,31,32)(H2,24,25,26)/t13-,14-,15+,16+,19+,20+,21+,22+,27+,28+;13-,14+,17+,18+,21+/m00/s1. The lowest BCUT2D eigenvalue weighted by molar-refractivity contribution is -0.139. The quantitative estimate of drug-likeness (QED) is 0.0227. The molecule has 0 spiro atoms. The molecule has 97 heavy (non-hydrogen) atoms. The number of nitrogens with two attached hydrogens (primary N) is 6. The molecule has 0 saturated carbocycles. The van der Waals surface area contributed by atoms with Gasteiger partial charge >= 0.3 is 38.4 Å². The Balaban J connectivity index is 0.000000250. The number of carboxylic acid groups (broad SMARTS) is 3. The second-order valence-corrected chi connectivity index (χ2v) is 36.7. The Bertz CT molecular complexity index is 4090. The van der Waals surface area contributed by atoms with E-state index in [1.54, 1.807) is 31.4 Å². The molecule has 18 atom stereocenters. The van der Waals surface area contributed by atoms with Crippen LogP contribution >= 0.6 is 30.9 Å². The van der Waals surface area contributed by atoms with Gasteiger partial charge in [-0.05, 0) is 56.6 Å². The average molecular weight is 1470 g/mol. The van der Waals surface area contributed by atoms with E-state index in [0.29, 0.717) is 5.56 Å². The minimum atomic E-state index is -5.15. The van der Waals surface area contributed by atoms with E-state index in [2.05, 4.69) is 44.9 Å². The third-order valence-electron chi connectivity index (χ3n) is 16.2. The molecular formula is C52H76N18O22S5. The summed E-state index contributed by atoms with van der Waals surface area (Å²) in [5, 5.41) is 94.4. The predicted octanol–water partition coefficient (Wildman–Crippen LogP) is -3.46. The number of aliphatic carboxylic acids is 3. The highest BCUT2D eigenvalue weighted by atomic mass is 32.4. The largest absolute Gasteiger partial charge is 0.480 e. The Morgan fingerprint density at radius 2 is 0.784 bits per heavy atom. The summed E-state index contributed by atoms with van der Waals surface area (Å²) >= 11 is 0. The van der Waals surface area contributed by atoms with Crippen molar-refractivity contribution in [1.29, 1.82) is 0 Å². The number of aliphatic hydroxyl groups excluding tert-OH is 6. The molecule has 21 N–H and O–H groups in total. The zero-order valence-electron chi connectivity index (χ0n) is 52.0. The molecule has 10 rings (SSSR count). The number of benzene rings is 1. The number of imidazole rings is 3. The van der Waals surface area contributed by atoms with Gasteiger partial charge in [-0.1, -0.05) is 18.2 Å². The number of aliphatic hydroxyl groups is 6. The smallest absolute Gasteiger partial charge is 0.418 e. The molecule has 536 valence electrons. The summed E-state index contributed by atoms with van der Waals surface area (Å²) in [5.74, 6) is -5.31. The van der Waals surface area contributed by atoms with Crippen molar-refractivity contribution >= 4 is 120 Å². The fourth-order valence-electron chi connectivity index (χ4n) is 10.9. The summed E-state index contributed by atoms with van der Waals surface area (Å²) in [6.45, 7) is 1.62. The van der Waals surface area contributed by atoms with E-state index in [-0.39, 0.29) is 98.1 Å². The van der Waals surface area contributed by atoms with Crippen LogP contribution in [0.15, 0.2) is 67.1 Å². The van der Waals surface area contributed by atoms with Crippen LogP contribution in [0.3, 0.4) is 0 Å². The molecule has 0 bridgehead atoms. The molecule has 3 fully saturated rings. The van der Waals surface area contributed by atoms with Crippen LogP contribution in [0.25, 0.3) is 33.5 Å². The minimum absolute atomic E-state index is 0.0172. The van der Waals surface area contributed by atoms with Crippen LogP contribution in [0.1, 0.15) is 43.5 Å². The van der Waals surface area contributed by atoms with Crippen LogP contribution in [-0.2, 0) is 60.0 Å². The van der Waals surface area contributed by atoms with Crippen molar-refractivity contribution in [2.75, 3.05) is 70.5 Å². The van der Waals surface area contributed by atoms with Gasteiger partial charge in [0, 0.05) is 34.5 Å². The maximum atomic E-state index is 14.0. The number of aromatic nitrogens is 12. The molecular weight excluding hydrogens is 1390 g/mol. The van der Waals surface area contributed by atoms with E-state index < -0.39 is 173 Å². The Kier molecular flexibility index (Phi) is 22.6. The van der Waals surface area contributed by atoms with Gasteiger partial charge in [0.15, 0.2) is 53.1 Å². The number of aryl methyl sites for hydroxylation is 1. The van der Waals surface area contributed by atoms with Gasteiger partial charge in [0.2, 0.25) is 0 Å². The molecule has 7 aromatic rings. The van der Waals surface area contributed by atoms with Crippen LogP contribution in [0.4, 0.5) is 17.5 Å². The van der Waals surface area contributed by atoms with Crippen LogP contribution < -0.4 is 34.4 Å². The van der Waals surface area contributed by atoms with Crippen LogP contribution in [0, 0.1) is 6.92 Å². The van der Waals surface area contributed by atoms with Gasteiger partial charge in [-0.3, -0.25) is 28.1 Å². The van der Waals surface area contributed by atoms with E-state index in [1.807, 2.05) is 0 Å². The number of carboxylic acids is 3. The van der Waals surface area contributed by atoms with Gasteiger partial charge in [0.1, 0.15) is 90.3 Å². The molecule has 40 nitrogen and oxygen atoms in total. The highest BCUT2D eigenvalue weighted by molar-refractivity contribution is 8.35. The van der Waals surface area contributed by atoms with Gasteiger partial charge in [-0.25, -0.2) is 48.5 Å². The Morgan fingerprint density at radius 3 is 1.08 bits per heavy atom. The van der Waals surface area contributed by atoms with Crippen molar-refractivity contribution in [1.82, 2.24) is 58.6 Å². The summed E-state index contributed by atoms with van der Waals surface area (Å²) in [5.41, 5.74) is 36.6. The normalized spacial score (nSPS) is 27.6. The van der Waals surface area contributed by atoms with Crippen molar-refractivity contribution in [3.05, 3.63) is 67.8 Å². The molecule has 3 saturated heterocycles. The first kappa shape index (κ1) is 74.3. The summed E-state index contributed by atoms with van der Waals surface area (Å²) in [6.07, 6.45) is -5.69. The SMILES string of the molecule is CS(CC[C@H](N)C(=O)O)(C[C@H]1O[C@@H](n2cnc3c(N)ncnc32)[C@H](O)[C@@H]1O)OS(=O)(=O)OS(C)(CC[C@H](N)C(=O)O)C[C@H]1O[C@@H](n2cnc3c(N)ncnc32)[C@H](O)[C@@H]1O.Cc1ccccc1S(=O)(=O)OS(C)(CC[C@H](N)C(=O)O)C[C@H]1O[C@@H](n2cnc3c(N)ncnc32)[C@H](O)[C@@H]1O. The Hall–Kier alpha value is -6.97. The lowest BCUT2D eigenvalue weighted by atomic mass is 10.1. The topological polar surface area (TPSA) is 644 Å². The van der Waals surface area contributed by atoms with Gasteiger partial charge in [0.05, 0.1) is 42.2 Å². The van der Waals surface area contributed by atoms with Gasteiger partial charge in [-0.2, -0.15) is 24.1 Å². The van der Waals surface area contributed by atoms with Crippen molar-refractivity contribution in [3.63, 3.8) is 0 Å². The lowest BCUT2D eigenvalue weighted by Gasteiger charge is -2.40. The molecule has 0 radical (unpaired) electrons. The molecule has 0 aliphatic carbocycles. The number of rotatable bonds is 28. The average Bonchev–Trinajstić information content (AvgIpc) is 1.68. The van der Waals surface area contributed by atoms with Crippen molar-refractivity contribution < 1.29 is 102 Å². The number of ether oxygens (including phenoxy) is 3. The first-order chi connectivity index (χ1) is 45.4. The monoisotopic (exact) mass is 1460 g/mol. The highest BCUT2D eigenvalue weighted by Crippen LogP contribution is 2.57. The number of nitrogen functional groups attached to an aromatic ring is 3. The maximum absolute atomic E-state index is 14.0. The van der Waals surface area contributed by atoms with Crippen LogP contribution in [0.5, 0.6) is 0 Å². The number of fused-ring (bicyclic) bond motifs is 3. The summed E-state index contributed by atoms with van der Waals surface area (Å²) in [4.78, 5) is 71.0. The van der Waals surface area contributed by atoms with E-state index in [1.165, 1.54) is 57.6 Å². The molecule has 0 amide bonds. The lowest BCUT2D eigenvalue weighted by Crippen LogP contribution is -2.38. The van der Waals surface area contributed by atoms with Crippen molar-refractivity contribution in [2.24, 2.45) is 17.2 Å². The third kappa shape index (κ3) is 16.5. The number of nitrogens with zero attached hydrogens (tertiary/aromatic N) is 12. The van der Waals surface area contributed by atoms with Gasteiger partial charge < -0.3 is 94.6 Å². The summed E-state index contributed by atoms with van der Waals surface area (Å²) in [7, 11) is -18.3. The fraction of sp³-hybridized carbons (Fsp3) is 0.538. The Labute approximate surface area is 556 Å². The Morgan fingerprint density at radius 1 is 0.485 bits per heavy atom. The van der Waals surface area contributed by atoms with Crippen LogP contribution in [-0.4, -0.2) is 266 Å². The summed E-state index contributed by atoms with van der Waals surface area (Å²) in [6, 6.07) is 2.14. The van der Waals surface area contributed by atoms with Gasteiger partial charge in [-0.15, -0.1) is 30.9 Å². The second-order valence-electron chi connectivity index (χ2n) is 23.6. The number of hydrogen-bond donors (Lipinski definition) is 15. The number of carbonyl (C=O) groups is 3. The number of hydrogen-bond acceptors (Lipinski definition) is 34. The maximum Gasteiger partial charge on any atom is 0.418 e. The first-order valence-electron chi connectivity index (χ1n) is 29.1. The minimum Gasteiger partial charge on any atom is -0.480 e. The fourth-order valence-corrected chi connectivity index (χ4v) is 24.3. The number of anilines is 3.